The average molecular weight is 283 g/mol. The maximum Gasteiger partial charge on any atom is 0.244 e. The van der Waals surface area contributed by atoms with Crippen molar-refractivity contribution in [2.45, 2.75) is 13.2 Å². The van der Waals surface area contributed by atoms with E-state index in [0.717, 1.165) is 16.7 Å². The van der Waals surface area contributed by atoms with Crippen LogP contribution in [0.4, 0.5) is 0 Å². The lowest BCUT2D eigenvalue weighted by Gasteiger charge is -2.04. The van der Waals surface area contributed by atoms with E-state index in [1.165, 1.54) is 6.08 Å². The van der Waals surface area contributed by atoms with Crippen LogP contribution in [0.25, 0.3) is 6.08 Å². The van der Waals surface area contributed by atoms with Gasteiger partial charge in [-0.1, -0.05) is 36.4 Å². The van der Waals surface area contributed by atoms with E-state index in [-0.39, 0.29) is 18.3 Å². The van der Waals surface area contributed by atoms with Crippen molar-refractivity contribution in [1.82, 2.24) is 5.32 Å². The molecule has 0 spiro atoms. The van der Waals surface area contributed by atoms with Crippen LogP contribution in [0.5, 0.6) is 5.75 Å². The van der Waals surface area contributed by atoms with Crippen LogP contribution in [0.3, 0.4) is 0 Å². The lowest BCUT2D eigenvalue weighted by atomic mass is 10.1. The monoisotopic (exact) mass is 283 g/mol. The summed E-state index contributed by atoms with van der Waals surface area (Å²) in [7, 11) is 0. The quantitative estimate of drug-likeness (QED) is 0.737. The maximum absolute atomic E-state index is 11.7. The van der Waals surface area contributed by atoms with Crippen molar-refractivity contribution in [3.8, 4) is 5.75 Å². The molecule has 0 saturated heterocycles. The van der Waals surface area contributed by atoms with Crippen LogP contribution in [0, 0.1) is 0 Å². The number of benzene rings is 2. The summed E-state index contributed by atoms with van der Waals surface area (Å²) in [4.78, 5) is 11.7. The molecule has 0 aliphatic carbocycles. The number of carbonyl (C=O) groups excluding carboxylic acids is 1. The molecule has 0 fully saturated rings. The Balaban J connectivity index is 1.88. The van der Waals surface area contributed by atoms with Gasteiger partial charge in [0, 0.05) is 12.6 Å². The zero-order valence-electron chi connectivity index (χ0n) is 11.5. The molecule has 0 aliphatic heterocycles. The highest BCUT2D eigenvalue weighted by Crippen LogP contribution is 2.10. The van der Waals surface area contributed by atoms with Crippen molar-refractivity contribution in [1.29, 1.82) is 0 Å². The van der Waals surface area contributed by atoms with Gasteiger partial charge in [0.2, 0.25) is 5.91 Å². The number of hydrogen-bond acceptors (Lipinski definition) is 3. The number of aliphatic hydroxyl groups is 1. The van der Waals surface area contributed by atoms with Crippen LogP contribution >= 0.6 is 0 Å². The summed E-state index contributed by atoms with van der Waals surface area (Å²) in [5, 5.41) is 21.0. The van der Waals surface area contributed by atoms with Gasteiger partial charge in [0.05, 0.1) is 6.61 Å². The van der Waals surface area contributed by atoms with Crippen molar-refractivity contribution in [3.05, 3.63) is 71.3 Å². The Morgan fingerprint density at radius 1 is 1.10 bits per heavy atom. The fourth-order valence-electron chi connectivity index (χ4n) is 1.84. The van der Waals surface area contributed by atoms with Crippen LogP contribution in [0.2, 0.25) is 0 Å². The highest BCUT2D eigenvalue weighted by molar-refractivity contribution is 5.91. The molecule has 0 unspecified atom stereocenters. The second kappa shape index (κ2) is 7.26. The summed E-state index contributed by atoms with van der Waals surface area (Å²) in [6, 6.07) is 14.0. The zero-order valence-corrected chi connectivity index (χ0v) is 11.5. The molecule has 2 aromatic rings. The molecule has 0 aliphatic rings. The summed E-state index contributed by atoms with van der Waals surface area (Å²) in [5.74, 6) is -0.00200. The van der Waals surface area contributed by atoms with Gasteiger partial charge in [0.15, 0.2) is 0 Å². The molecular weight excluding hydrogens is 266 g/mol. The van der Waals surface area contributed by atoms with Gasteiger partial charge in [-0.2, -0.15) is 0 Å². The molecule has 0 atom stereocenters. The van der Waals surface area contributed by atoms with Crippen molar-refractivity contribution >= 4 is 12.0 Å². The number of aromatic hydroxyl groups is 1. The lowest BCUT2D eigenvalue weighted by Crippen LogP contribution is -2.20. The summed E-state index contributed by atoms with van der Waals surface area (Å²) in [6.45, 7) is 0.398. The third kappa shape index (κ3) is 4.78. The van der Waals surface area contributed by atoms with E-state index in [4.69, 9.17) is 10.2 Å². The van der Waals surface area contributed by atoms with Crippen molar-refractivity contribution < 1.29 is 15.0 Å². The molecular formula is C17H17NO3. The van der Waals surface area contributed by atoms with Gasteiger partial charge < -0.3 is 15.5 Å². The molecule has 0 radical (unpaired) electrons. The number of carbonyl (C=O) groups is 1. The highest BCUT2D eigenvalue weighted by Gasteiger charge is 1.98. The normalized spacial score (nSPS) is 10.7. The number of amides is 1. The van der Waals surface area contributed by atoms with Crippen molar-refractivity contribution in [3.63, 3.8) is 0 Å². The Hall–Kier alpha value is -2.59. The number of phenols is 1. The van der Waals surface area contributed by atoms with E-state index in [2.05, 4.69) is 5.32 Å². The first-order valence-electron chi connectivity index (χ1n) is 6.61. The van der Waals surface area contributed by atoms with E-state index in [1.807, 2.05) is 24.3 Å². The first kappa shape index (κ1) is 14.8. The Kier molecular flexibility index (Phi) is 5.12. The first-order chi connectivity index (χ1) is 10.2. The molecule has 2 aromatic carbocycles. The third-order valence-corrected chi connectivity index (χ3v) is 2.96. The van der Waals surface area contributed by atoms with Gasteiger partial charge in [0.1, 0.15) is 5.75 Å². The summed E-state index contributed by atoms with van der Waals surface area (Å²) in [6.07, 6.45) is 3.13. The minimum absolute atomic E-state index is 0.0114. The molecule has 0 aromatic heterocycles. The zero-order chi connectivity index (χ0) is 15.1. The number of nitrogens with one attached hydrogen (secondary N) is 1. The van der Waals surface area contributed by atoms with Crippen molar-refractivity contribution in [2.75, 3.05) is 0 Å². The fraction of sp³-hybridized carbons (Fsp3) is 0.118. The van der Waals surface area contributed by atoms with E-state index < -0.39 is 0 Å². The van der Waals surface area contributed by atoms with E-state index in [1.54, 1.807) is 30.3 Å². The van der Waals surface area contributed by atoms with Gasteiger partial charge in [-0.05, 0) is 34.9 Å². The third-order valence-electron chi connectivity index (χ3n) is 2.96. The standard InChI is InChI=1S/C17H17NO3/c19-12-15-3-1-2-14(10-15)11-18-17(21)9-6-13-4-7-16(20)8-5-13/h1-10,19-20H,11-12H2,(H,18,21). The second-order valence-electron chi connectivity index (χ2n) is 4.62. The molecule has 1 amide bonds. The van der Waals surface area contributed by atoms with Crippen LogP contribution in [-0.4, -0.2) is 16.1 Å². The molecule has 4 nitrogen and oxygen atoms in total. The van der Waals surface area contributed by atoms with Gasteiger partial charge in [0.25, 0.3) is 0 Å². The summed E-state index contributed by atoms with van der Waals surface area (Å²) >= 11 is 0. The molecule has 108 valence electrons. The maximum atomic E-state index is 11.7. The lowest BCUT2D eigenvalue weighted by molar-refractivity contribution is -0.116. The fourth-order valence-corrected chi connectivity index (χ4v) is 1.84. The summed E-state index contributed by atoms with van der Waals surface area (Å²) in [5.41, 5.74) is 2.60. The van der Waals surface area contributed by atoms with Crippen molar-refractivity contribution in [2.24, 2.45) is 0 Å². The van der Waals surface area contributed by atoms with Gasteiger partial charge >= 0.3 is 0 Å². The Bertz CT molecular complexity index is 633. The van der Waals surface area contributed by atoms with Crippen LogP contribution in [-0.2, 0) is 17.9 Å². The summed E-state index contributed by atoms with van der Waals surface area (Å²) < 4.78 is 0. The van der Waals surface area contributed by atoms with Crippen LogP contribution in [0.15, 0.2) is 54.6 Å². The second-order valence-corrected chi connectivity index (χ2v) is 4.62. The Labute approximate surface area is 123 Å². The Morgan fingerprint density at radius 2 is 1.81 bits per heavy atom. The molecule has 0 saturated carbocycles. The first-order valence-corrected chi connectivity index (χ1v) is 6.61. The average Bonchev–Trinajstić information content (AvgIpc) is 2.52. The minimum atomic E-state index is -0.197. The predicted molar refractivity (Wildman–Crippen MR) is 81.4 cm³/mol. The van der Waals surface area contributed by atoms with Gasteiger partial charge in [-0.15, -0.1) is 0 Å². The largest absolute Gasteiger partial charge is 0.508 e. The van der Waals surface area contributed by atoms with E-state index >= 15 is 0 Å². The molecule has 4 heteroatoms. The number of aliphatic hydroxyl groups excluding tert-OH is 1. The number of phenolic OH excluding ortho intramolecular Hbond substituents is 1. The topological polar surface area (TPSA) is 69.6 Å². The molecule has 3 N–H and O–H groups in total. The van der Waals surface area contributed by atoms with Crippen LogP contribution in [0.1, 0.15) is 16.7 Å². The highest BCUT2D eigenvalue weighted by atomic mass is 16.3. The minimum Gasteiger partial charge on any atom is -0.508 e. The van der Waals surface area contributed by atoms with Gasteiger partial charge in [-0.3, -0.25) is 4.79 Å². The molecule has 0 heterocycles. The molecule has 21 heavy (non-hydrogen) atoms. The van der Waals surface area contributed by atoms with Crippen LogP contribution < -0.4 is 5.32 Å². The smallest absolute Gasteiger partial charge is 0.244 e. The SMILES string of the molecule is O=C(C=Cc1ccc(O)cc1)NCc1cccc(CO)c1. The molecule has 0 bridgehead atoms. The van der Waals surface area contributed by atoms with E-state index in [9.17, 15) is 4.79 Å². The van der Waals surface area contributed by atoms with E-state index in [0.29, 0.717) is 6.54 Å². The van der Waals surface area contributed by atoms with Gasteiger partial charge in [-0.25, -0.2) is 0 Å². The number of rotatable bonds is 5. The molecule has 2 rings (SSSR count). The predicted octanol–water partition coefficient (Wildman–Crippen LogP) is 2.21. The number of hydrogen-bond donors (Lipinski definition) is 3. The Morgan fingerprint density at radius 3 is 2.52 bits per heavy atom.